The molecule has 0 aliphatic heterocycles. The van der Waals surface area contributed by atoms with Crippen LogP contribution in [0.4, 0.5) is 0 Å². The molecule has 3 N–H and O–H groups in total. The summed E-state index contributed by atoms with van der Waals surface area (Å²) in [5.41, 5.74) is 6.76. The van der Waals surface area contributed by atoms with Gasteiger partial charge in [-0.1, -0.05) is 36.6 Å². The molecule has 20 heavy (non-hydrogen) atoms. The van der Waals surface area contributed by atoms with Gasteiger partial charge in [0.1, 0.15) is 0 Å². The van der Waals surface area contributed by atoms with Crippen LogP contribution in [0.3, 0.4) is 0 Å². The molecule has 0 spiro atoms. The van der Waals surface area contributed by atoms with E-state index in [1.807, 2.05) is 31.2 Å². The maximum Gasteiger partial charge on any atom is 0.227 e. The first-order chi connectivity index (χ1) is 9.61. The molecule has 1 aromatic rings. The molecule has 3 unspecified atom stereocenters. The first-order valence-electron chi connectivity index (χ1n) is 7.37. The Balaban J connectivity index is 2.00. The fourth-order valence-corrected chi connectivity index (χ4v) is 3.11. The average molecular weight is 295 g/mol. The summed E-state index contributed by atoms with van der Waals surface area (Å²) in [6, 6.07) is 7.72. The molecule has 0 radical (unpaired) electrons. The second kappa shape index (κ2) is 7.09. The summed E-state index contributed by atoms with van der Waals surface area (Å²) in [4.78, 5) is 12.4. The second-order valence-corrected chi connectivity index (χ2v) is 6.11. The quantitative estimate of drug-likeness (QED) is 0.896. The van der Waals surface area contributed by atoms with Crippen molar-refractivity contribution in [2.24, 2.45) is 11.7 Å². The lowest BCUT2D eigenvalue weighted by Crippen LogP contribution is -2.46. The van der Waals surface area contributed by atoms with Crippen LogP contribution in [0, 0.1) is 5.92 Å². The van der Waals surface area contributed by atoms with E-state index in [1.165, 1.54) is 12.8 Å². The number of amides is 1. The molecule has 1 aliphatic rings. The van der Waals surface area contributed by atoms with Crippen LogP contribution in [-0.4, -0.2) is 18.5 Å². The highest BCUT2D eigenvalue weighted by Crippen LogP contribution is 2.25. The van der Waals surface area contributed by atoms with Gasteiger partial charge in [0, 0.05) is 11.1 Å². The number of halogens is 1. The molecule has 2 rings (SSSR count). The monoisotopic (exact) mass is 294 g/mol. The van der Waals surface area contributed by atoms with Gasteiger partial charge in [-0.3, -0.25) is 4.79 Å². The summed E-state index contributed by atoms with van der Waals surface area (Å²) < 4.78 is 0. The van der Waals surface area contributed by atoms with Crippen LogP contribution in [0.5, 0.6) is 0 Å². The number of nitrogens with two attached hydrogens (primary N) is 1. The lowest BCUT2D eigenvalue weighted by molar-refractivity contribution is -0.123. The molecule has 0 bridgehead atoms. The van der Waals surface area contributed by atoms with E-state index in [9.17, 15) is 4.79 Å². The van der Waals surface area contributed by atoms with Crippen molar-refractivity contribution in [1.29, 1.82) is 0 Å². The van der Waals surface area contributed by atoms with Crippen molar-refractivity contribution < 1.29 is 4.79 Å². The smallest absolute Gasteiger partial charge is 0.227 e. The van der Waals surface area contributed by atoms with Crippen LogP contribution in [0.25, 0.3) is 0 Å². The van der Waals surface area contributed by atoms with Gasteiger partial charge >= 0.3 is 0 Å². The van der Waals surface area contributed by atoms with Gasteiger partial charge in [0.15, 0.2) is 0 Å². The molecule has 0 heterocycles. The van der Waals surface area contributed by atoms with E-state index < -0.39 is 0 Å². The van der Waals surface area contributed by atoms with Gasteiger partial charge < -0.3 is 11.1 Å². The van der Waals surface area contributed by atoms with Gasteiger partial charge in [-0.05, 0) is 49.9 Å². The van der Waals surface area contributed by atoms with Crippen LogP contribution >= 0.6 is 11.6 Å². The van der Waals surface area contributed by atoms with Crippen LogP contribution in [0.2, 0.25) is 5.02 Å². The first-order valence-corrected chi connectivity index (χ1v) is 7.75. The van der Waals surface area contributed by atoms with Crippen LogP contribution in [0.1, 0.15) is 44.1 Å². The lowest BCUT2D eigenvalue weighted by atomic mass is 9.84. The number of hydrogen-bond donors (Lipinski definition) is 2. The number of nitrogens with one attached hydrogen (secondary N) is 1. The van der Waals surface area contributed by atoms with E-state index in [0.29, 0.717) is 17.5 Å². The Morgan fingerprint density at radius 3 is 2.90 bits per heavy atom. The minimum Gasteiger partial charge on any atom is -0.353 e. The molecular weight excluding hydrogens is 272 g/mol. The van der Waals surface area contributed by atoms with E-state index in [1.54, 1.807) is 0 Å². The van der Waals surface area contributed by atoms with Crippen molar-refractivity contribution >= 4 is 17.5 Å². The Morgan fingerprint density at radius 1 is 1.45 bits per heavy atom. The summed E-state index contributed by atoms with van der Waals surface area (Å²) in [7, 11) is 0. The van der Waals surface area contributed by atoms with Crippen molar-refractivity contribution in [1.82, 2.24) is 5.32 Å². The number of carbonyl (C=O) groups excluding carboxylic acids is 1. The van der Waals surface area contributed by atoms with E-state index in [-0.39, 0.29) is 17.9 Å². The number of benzene rings is 1. The summed E-state index contributed by atoms with van der Waals surface area (Å²) in [6.45, 7) is 2.57. The van der Waals surface area contributed by atoms with Crippen molar-refractivity contribution in [2.75, 3.05) is 6.54 Å². The van der Waals surface area contributed by atoms with E-state index in [4.69, 9.17) is 17.3 Å². The molecule has 3 nitrogen and oxygen atoms in total. The van der Waals surface area contributed by atoms with Gasteiger partial charge in [0.05, 0.1) is 5.92 Å². The number of carbonyl (C=O) groups is 1. The van der Waals surface area contributed by atoms with Crippen molar-refractivity contribution in [3.8, 4) is 0 Å². The van der Waals surface area contributed by atoms with Gasteiger partial charge in [-0.2, -0.15) is 0 Å². The molecule has 110 valence electrons. The third kappa shape index (κ3) is 3.74. The molecule has 1 aromatic carbocycles. The molecule has 3 atom stereocenters. The Bertz CT molecular complexity index is 464. The summed E-state index contributed by atoms with van der Waals surface area (Å²) in [6.07, 6.45) is 4.55. The fraction of sp³-hybridized carbons (Fsp3) is 0.562. The molecule has 1 saturated carbocycles. The standard InChI is InChI=1S/C16H23ClN2O/c1-11(12-6-4-7-14(17)9-12)16(20)19-15-8-3-2-5-13(15)10-18/h4,6-7,9,11,13,15H,2-3,5,8,10,18H2,1H3,(H,19,20). The molecule has 0 aromatic heterocycles. The maximum atomic E-state index is 12.4. The summed E-state index contributed by atoms with van der Waals surface area (Å²) >= 11 is 5.98. The van der Waals surface area contributed by atoms with Gasteiger partial charge in [0.2, 0.25) is 5.91 Å². The van der Waals surface area contributed by atoms with Gasteiger partial charge in [-0.15, -0.1) is 0 Å². The Labute approximate surface area is 125 Å². The van der Waals surface area contributed by atoms with Crippen molar-refractivity contribution in [3.05, 3.63) is 34.9 Å². The zero-order valence-corrected chi connectivity index (χ0v) is 12.7. The van der Waals surface area contributed by atoms with Crippen LogP contribution < -0.4 is 11.1 Å². The van der Waals surface area contributed by atoms with E-state index in [2.05, 4.69) is 5.32 Å². The zero-order chi connectivity index (χ0) is 14.5. The number of rotatable bonds is 4. The predicted molar refractivity (Wildman–Crippen MR) is 82.8 cm³/mol. The third-order valence-corrected chi connectivity index (χ3v) is 4.52. The Kier molecular flexibility index (Phi) is 5.44. The topological polar surface area (TPSA) is 55.1 Å². The normalized spacial score (nSPS) is 24.1. The van der Waals surface area contributed by atoms with Crippen molar-refractivity contribution in [3.63, 3.8) is 0 Å². The van der Waals surface area contributed by atoms with Crippen LogP contribution in [-0.2, 0) is 4.79 Å². The van der Waals surface area contributed by atoms with Crippen molar-refractivity contribution in [2.45, 2.75) is 44.6 Å². The molecular formula is C16H23ClN2O. The fourth-order valence-electron chi connectivity index (χ4n) is 2.91. The predicted octanol–water partition coefficient (Wildman–Crippen LogP) is 3.08. The molecule has 0 saturated heterocycles. The highest BCUT2D eigenvalue weighted by molar-refractivity contribution is 6.30. The highest BCUT2D eigenvalue weighted by atomic mass is 35.5. The summed E-state index contributed by atoms with van der Waals surface area (Å²) in [5, 5.41) is 3.84. The average Bonchev–Trinajstić information content (AvgIpc) is 2.47. The third-order valence-electron chi connectivity index (χ3n) is 4.28. The van der Waals surface area contributed by atoms with Gasteiger partial charge in [-0.25, -0.2) is 0 Å². The largest absolute Gasteiger partial charge is 0.353 e. The minimum absolute atomic E-state index is 0.0672. The SMILES string of the molecule is CC(C(=O)NC1CCCCC1CN)c1cccc(Cl)c1. The number of hydrogen-bond acceptors (Lipinski definition) is 2. The van der Waals surface area contributed by atoms with Crippen LogP contribution in [0.15, 0.2) is 24.3 Å². The van der Waals surface area contributed by atoms with Gasteiger partial charge in [0.25, 0.3) is 0 Å². The molecule has 1 aliphatic carbocycles. The maximum absolute atomic E-state index is 12.4. The minimum atomic E-state index is -0.186. The molecule has 4 heteroatoms. The highest BCUT2D eigenvalue weighted by Gasteiger charge is 2.27. The first kappa shape index (κ1) is 15.3. The molecule has 1 amide bonds. The summed E-state index contributed by atoms with van der Waals surface area (Å²) in [5.74, 6) is 0.297. The van der Waals surface area contributed by atoms with E-state index in [0.717, 1.165) is 18.4 Å². The Hall–Kier alpha value is -1.06. The zero-order valence-electron chi connectivity index (χ0n) is 11.9. The Morgan fingerprint density at radius 2 is 2.20 bits per heavy atom. The second-order valence-electron chi connectivity index (χ2n) is 5.67. The molecule has 1 fully saturated rings. The van der Waals surface area contributed by atoms with E-state index >= 15 is 0 Å². The lowest BCUT2D eigenvalue weighted by Gasteiger charge is -2.32.